The van der Waals surface area contributed by atoms with Crippen LogP contribution in [0.15, 0.2) is 45.3 Å². The van der Waals surface area contributed by atoms with Gasteiger partial charge in [0, 0.05) is 5.56 Å². The molecule has 5 N–H and O–H groups in total. The van der Waals surface area contributed by atoms with Crippen molar-refractivity contribution in [3.8, 4) is 17.7 Å². The maximum atomic E-state index is 12.1. The Kier molecular flexibility index (Phi) is 2.96. The Morgan fingerprint density at radius 3 is 2.68 bits per heavy atom. The molecule has 0 aliphatic carbocycles. The second kappa shape index (κ2) is 4.82. The van der Waals surface area contributed by atoms with Crippen molar-refractivity contribution < 1.29 is 9.84 Å². The average molecular weight is 298 g/mol. The highest BCUT2D eigenvalue weighted by atomic mass is 16.5. The van der Waals surface area contributed by atoms with E-state index in [1.807, 2.05) is 6.07 Å². The van der Waals surface area contributed by atoms with Gasteiger partial charge in [-0.3, -0.25) is 14.8 Å². The van der Waals surface area contributed by atoms with Crippen LogP contribution in [0.2, 0.25) is 0 Å². The molecule has 0 saturated heterocycles. The molecule has 110 valence electrons. The minimum atomic E-state index is -0.935. The lowest BCUT2D eigenvalue weighted by molar-refractivity contribution is 0.371. The summed E-state index contributed by atoms with van der Waals surface area (Å²) in [5, 5.41) is 19.4. The van der Waals surface area contributed by atoms with Crippen LogP contribution < -0.4 is 21.7 Å². The van der Waals surface area contributed by atoms with Gasteiger partial charge in [0.15, 0.2) is 0 Å². The van der Waals surface area contributed by atoms with Gasteiger partial charge < -0.3 is 15.6 Å². The fourth-order valence-electron chi connectivity index (χ4n) is 2.43. The number of nitrogens with one attached hydrogen (secondary N) is 2. The zero-order valence-electron chi connectivity index (χ0n) is 11.1. The predicted molar refractivity (Wildman–Crippen MR) is 75.1 cm³/mol. The Hall–Kier alpha value is -3.47. The normalized spacial score (nSPS) is 16.6. The van der Waals surface area contributed by atoms with Crippen molar-refractivity contribution >= 4 is 0 Å². The summed E-state index contributed by atoms with van der Waals surface area (Å²) in [4.78, 5) is 27.9. The molecular weight excluding hydrogens is 288 g/mol. The van der Waals surface area contributed by atoms with Crippen molar-refractivity contribution in [2.24, 2.45) is 5.73 Å². The molecule has 8 heteroatoms. The summed E-state index contributed by atoms with van der Waals surface area (Å²) >= 11 is 0. The first kappa shape index (κ1) is 13.5. The number of rotatable bonds is 1. The summed E-state index contributed by atoms with van der Waals surface area (Å²) in [6.07, 6.45) is 0. The number of hydrogen-bond donors (Lipinski definition) is 4. The number of nitriles is 1. The highest BCUT2D eigenvalue weighted by Crippen LogP contribution is 2.41. The highest BCUT2D eigenvalue weighted by Gasteiger charge is 2.35. The Morgan fingerprint density at radius 2 is 2.00 bits per heavy atom. The van der Waals surface area contributed by atoms with E-state index in [1.54, 1.807) is 18.2 Å². The molecule has 2 heterocycles. The summed E-state index contributed by atoms with van der Waals surface area (Å²) in [7, 11) is 0. The van der Waals surface area contributed by atoms with Gasteiger partial charge in [-0.1, -0.05) is 18.2 Å². The number of para-hydroxylation sites is 1. The number of H-pyrrole nitrogens is 2. The Bertz CT molecular complexity index is 948. The van der Waals surface area contributed by atoms with E-state index >= 15 is 0 Å². The molecule has 0 radical (unpaired) electrons. The standard InChI is InChI=1S/C14H10N4O4/c15-5-7-9(6-3-1-2-4-8(6)19)10-12(20)17-14(21)18-13(10)22-11(7)16/h1-4,9,19H,16H2,(H2,17,18,20,21). The van der Waals surface area contributed by atoms with Crippen LogP contribution in [-0.2, 0) is 0 Å². The topological polar surface area (TPSA) is 145 Å². The van der Waals surface area contributed by atoms with E-state index in [-0.39, 0.29) is 28.6 Å². The SMILES string of the molecule is N#CC1=C(N)Oc2[nH]c(=O)[nH]c(=O)c2C1c1ccccc1O. The average Bonchev–Trinajstić information content (AvgIpc) is 2.46. The van der Waals surface area contributed by atoms with Crippen molar-refractivity contribution in [2.75, 3.05) is 0 Å². The van der Waals surface area contributed by atoms with Crippen LogP contribution >= 0.6 is 0 Å². The monoisotopic (exact) mass is 298 g/mol. The van der Waals surface area contributed by atoms with Crippen molar-refractivity contribution in [2.45, 2.75) is 5.92 Å². The maximum Gasteiger partial charge on any atom is 0.328 e. The Morgan fingerprint density at radius 1 is 1.27 bits per heavy atom. The molecule has 22 heavy (non-hydrogen) atoms. The molecule has 1 aliphatic rings. The van der Waals surface area contributed by atoms with Gasteiger partial charge >= 0.3 is 5.69 Å². The molecule has 2 aromatic rings. The lowest BCUT2D eigenvalue weighted by Gasteiger charge is -2.25. The first-order chi connectivity index (χ1) is 10.5. The molecule has 0 bridgehead atoms. The van der Waals surface area contributed by atoms with Gasteiger partial charge in [0.05, 0.1) is 11.5 Å². The number of aromatic amines is 2. The molecule has 0 spiro atoms. The summed E-state index contributed by atoms with van der Waals surface area (Å²) in [6, 6.07) is 8.13. The van der Waals surface area contributed by atoms with Gasteiger partial charge in [0.1, 0.15) is 17.4 Å². The van der Waals surface area contributed by atoms with Crippen LogP contribution in [-0.4, -0.2) is 15.1 Å². The summed E-state index contributed by atoms with van der Waals surface area (Å²) < 4.78 is 5.17. The summed E-state index contributed by atoms with van der Waals surface area (Å²) in [5.41, 5.74) is 4.52. The molecule has 1 aromatic carbocycles. The van der Waals surface area contributed by atoms with Crippen LogP contribution in [0.3, 0.4) is 0 Å². The number of aromatic nitrogens is 2. The molecule has 8 nitrogen and oxygen atoms in total. The lowest BCUT2D eigenvalue weighted by Crippen LogP contribution is -2.33. The van der Waals surface area contributed by atoms with E-state index < -0.39 is 17.2 Å². The van der Waals surface area contributed by atoms with E-state index in [0.29, 0.717) is 5.56 Å². The van der Waals surface area contributed by atoms with Crippen molar-refractivity contribution in [3.63, 3.8) is 0 Å². The summed E-state index contributed by atoms with van der Waals surface area (Å²) in [6.45, 7) is 0. The van der Waals surface area contributed by atoms with Crippen molar-refractivity contribution in [1.82, 2.24) is 9.97 Å². The first-order valence-electron chi connectivity index (χ1n) is 6.25. The van der Waals surface area contributed by atoms with E-state index in [2.05, 4.69) is 9.97 Å². The van der Waals surface area contributed by atoms with Crippen molar-refractivity contribution in [1.29, 1.82) is 5.26 Å². The first-order valence-corrected chi connectivity index (χ1v) is 6.25. The van der Waals surface area contributed by atoms with E-state index in [1.165, 1.54) is 6.07 Å². The maximum absolute atomic E-state index is 12.1. The molecule has 0 fully saturated rings. The number of phenols is 1. The minimum Gasteiger partial charge on any atom is -0.508 e. The zero-order valence-corrected chi connectivity index (χ0v) is 11.1. The second-order valence-electron chi connectivity index (χ2n) is 4.63. The molecule has 3 rings (SSSR count). The number of ether oxygens (including phenoxy) is 1. The number of nitrogens with two attached hydrogens (primary N) is 1. The van der Waals surface area contributed by atoms with E-state index in [9.17, 15) is 20.0 Å². The van der Waals surface area contributed by atoms with E-state index in [4.69, 9.17) is 10.5 Å². The minimum absolute atomic E-state index is 0.00634. The van der Waals surface area contributed by atoms with Crippen LogP contribution in [0.1, 0.15) is 17.0 Å². The zero-order chi connectivity index (χ0) is 15.9. The number of aromatic hydroxyl groups is 1. The van der Waals surface area contributed by atoms with Crippen LogP contribution in [0.25, 0.3) is 0 Å². The van der Waals surface area contributed by atoms with E-state index in [0.717, 1.165) is 0 Å². The number of fused-ring (bicyclic) bond motifs is 1. The Balaban J connectivity index is 2.38. The summed E-state index contributed by atoms with van der Waals surface area (Å²) in [5.74, 6) is -1.41. The van der Waals surface area contributed by atoms with Gasteiger partial charge in [-0.15, -0.1) is 0 Å². The molecule has 1 unspecified atom stereocenters. The molecule has 0 saturated carbocycles. The second-order valence-corrected chi connectivity index (χ2v) is 4.63. The molecule has 1 aliphatic heterocycles. The van der Waals surface area contributed by atoms with Crippen LogP contribution in [0.5, 0.6) is 11.6 Å². The predicted octanol–water partition coefficient (Wildman–Crippen LogP) is -0.0130. The number of phenolic OH excluding ortho intramolecular Hbond substituents is 1. The van der Waals surface area contributed by atoms with Gasteiger partial charge in [-0.2, -0.15) is 5.26 Å². The number of allylic oxidation sites excluding steroid dienone is 1. The number of nitrogens with zero attached hydrogens (tertiary/aromatic N) is 1. The number of hydrogen-bond acceptors (Lipinski definition) is 6. The highest BCUT2D eigenvalue weighted by molar-refractivity contribution is 5.55. The van der Waals surface area contributed by atoms with Gasteiger partial charge in [-0.05, 0) is 6.07 Å². The molecular formula is C14H10N4O4. The molecule has 0 amide bonds. The van der Waals surface area contributed by atoms with Gasteiger partial charge in [-0.25, -0.2) is 4.79 Å². The lowest BCUT2D eigenvalue weighted by atomic mass is 9.84. The third kappa shape index (κ3) is 1.92. The fourth-order valence-corrected chi connectivity index (χ4v) is 2.43. The quantitative estimate of drug-likeness (QED) is 0.582. The van der Waals surface area contributed by atoms with Crippen molar-refractivity contribution in [3.05, 3.63) is 67.7 Å². The third-order valence-electron chi connectivity index (χ3n) is 3.37. The fraction of sp³-hybridized carbons (Fsp3) is 0.0714. The Labute approximate surface area is 123 Å². The third-order valence-corrected chi connectivity index (χ3v) is 3.37. The van der Waals surface area contributed by atoms with Gasteiger partial charge in [0.25, 0.3) is 5.56 Å². The molecule has 1 atom stereocenters. The number of benzene rings is 1. The smallest absolute Gasteiger partial charge is 0.328 e. The molecule has 1 aromatic heterocycles. The van der Waals surface area contributed by atoms with Crippen LogP contribution in [0, 0.1) is 11.3 Å². The van der Waals surface area contributed by atoms with Gasteiger partial charge in [0.2, 0.25) is 11.8 Å². The van der Waals surface area contributed by atoms with Crippen LogP contribution in [0.4, 0.5) is 0 Å². The largest absolute Gasteiger partial charge is 0.508 e.